The van der Waals surface area contributed by atoms with E-state index in [9.17, 15) is 0 Å². The first-order valence-corrected chi connectivity index (χ1v) is 5.54. The van der Waals surface area contributed by atoms with Gasteiger partial charge in [-0.05, 0) is 30.9 Å². The van der Waals surface area contributed by atoms with E-state index in [0.717, 1.165) is 38.3 Å². The molecule has 0 spiro atoms. The van der Waals surface area contributed by atoms with Gasteiger partial charge in [-0.15, -0.1) is 5.10 Å². The topological polar surface area (TPSA) is 47.0 Å². The summed E-state index contributed by atoms with van der Waals surface area (Å²) in [7, 11) is 0. The second kappa shape index (κ2) is 5.07. The summed E-state index contributed by atoms with van der Waals surface area (Å²) < 4.78 is 5.31. The van der Waals surface area contributed by atoms with Crippen molar-refractivity contribution in [2.75, 3.05) is 18.5 Å². The number of nitrogens with zero attached hydrogens (tertiary/aromatic N) is 2. The molecule has 1 aromatic heterocycles. The molecule has 0 unspecified atom stereocenters. The van der Waals surface area contributed by atoms with Crippen LogP contribution < -0.4 is 5.32 Å². The van der Waals surface area contributed by atoms with Crippen LogP contribution in [0.4, 0.5) is 5.82 Å². The molecule has 0 amide bonds. The summed E-state index contributed by atoms with van der Waals surface area (Å²) in [6.07, 6.45) is 4.92. The average molecular weight is 207 g/mol. The van der Waals surface area contributed by atoms with Gasteiger partial charge in [0.25, 0.3) is 0 Å². The van der Waals surface area contributed by atoms with Crippen LogP contribution in [0.1, 0.15) is 25.3 Å². The summed E-state index contributed by atoms with van der Waals surface area (Å²) in [5.41, 5.74) is 1.22. The minimum atomic E-state index is 0.486. The Kier molecular flexibility index (Phi) is 3.50. The molecule has 0 radical (unpaired) electrons. The second-order valence-corrected chi connectivity index (χ2v) is 3.83. The molecule has 0 atom stereocenters. The molecule has 1 fully saturated rings. The van der Waals surface area contributed by atoms with Crippen molar-refractivity contribution in [1.82, 2.24) is 10.2 Å². The highest BCUT2D eigenvalue weighted by atomic mass is 16.5. The van der Waals surface area contributed by atoms with Gasteiger partial charge in [0.05, 0.1) is 6.20 Å². The fraction of sp³-hybridized carbons (Fsp3) is 0.636. The van der Waals surface area contributed by atoms with Crippen LogP contribution in [0.3, 0.4) is 0 Å². The van der Waals surface area contributed by atoms with Gasteiger partial charge in [-0.2, -0.15) is 5.10 Å². The highest BCUT2D eigenvalue weighted by molar-refractivity contribution is 5.36. The van der Waals surface area contributed by atoms with Gasteiger partial charge in [0, 0.05) is 19.3 Å². The molecule has 1 aliphatic rings. The number of nitrogens with one attached hydrogen (secondary N) is 1. The van der Waals surface area contributed by atoms with Crippen LogP contribution in [-0.2, 0) is 11.2 Å². The van der Waals surface area contributed by atoms with E-state index in [1.54, 1.807) is 0 Å². The van der Waals surface area contributed by atoms with E-state index < -0.39 is 0 Å². The predicted molar refractivity (Wildman–Crippen MR) is 58.9 cm³/mol. The summed E-state index contributed by atoms with van der Waals surface area (Å²) >= 11 is 0. The Hall–Kier alpha value is -1.16. The highest BCUT2D eigenvalue weighted by Crippen LogP contribution is 2.13. The van der Waals surface area contributed by atoms with Gasteiger partial charge in [-0.1, -0.05) is 6.92 Å². The van der Waals surface area contributed by atoms with Gasteiger partial charge in [0.1, 0.15) is 5.82 Å². The Bertz CT molecular complexity index is 310. The van der Waals surface area contributed by atoms with Crippen molar-refractivity contribution in [1.29, 1.82) is 0 Å². The van der Waals surface area contributed by atoms with Gasteiger partial charge in [0.15, 0.2) is 0 Å². The number of hydrogen-bond donors (Lipinski definition) is 1. The molecular weight excluding hydrogens is 190 g/mol. The molecule has 1 N–H and O–H groups in total. The summed E-state index contributed by atoms with van der Waals surface area (Å²) in [6, 6.07) is 2.56. The zero-order valence-electron chi connectivity index (χ0n) is 9.07. The maximum atomic E-state index is 5.31. The first-order chi connectivity index (χ1) is 7.38. The molecule has 82 valence electrons. The van der Waals surface area contributed by atoms with Gasteiger partial charge in [0.2, 0.25) is 0 Å². The second-order valence-electron chi connectivity index (χ2n) is 3.83. The molecule has 0 aromatic carbocycles. The number of ether oxygens (including phenoxy) is 1. The molecule has 1 aromatic rings. The first-order valence-electron chi connectivity index (χ1n) is 5.54. The quantitative estimate of drug-likeness (QED) is 0.818. The Balaban J connectivity index is 1.96. The van der Waals surface area contributed by atoms with Gasteiger partial charge in [-0.25, -0.2) is 0 Å². The molecule has 1 saturated heterocycles. The van der Waals surface area contributed by atoms with E-state index in [0.29, 0.717) is 6.04 Å². The molecule has 0 bridgehead atoms. The maximum Gasteiger partial charge on any atom is 0.149 e. The van der Waals surface area contributed by atoms with Crippen molar-refractivity contribution >= 4 is 5.82 Å². The number of aryl methyl sites for hydroxylation is 1. The van der Waals surface area contributed by atoms with E-state index in [2.05, 4.69) is 28.5 Å². The molecule has 1 aliphatic heterocycles. The fourth-order valence-corrected chi connectivity index (χ4v) is 1.72. The lowest BCUT2D eigenvalue weighted by Crippen LogP contribution is -2.28. The molecule has 0 aliphatic carbocycles. The number of rotatable bonds is 3. The minimum absolute atomic E-state index is 0.486. The maximum absolute atomic E-state index is 5.31. The lowest BCUT2D eigenvalue weighted by atomic mass is 10.1. The number of anilines is 1. The van der Waals surface area contributed by atoms with Gasteiger partial charge >= 0.3 is 0 Å². The van der Waals surface area contributed by atoms with E-state index in [1.165, 1.54) is 5.56 Å². The van der Waals surface area contributed by atoms with Crippen LogP contribution in [0.2, 0.25) is 0 Å². The van der Waals surface area contributed by atoms with Crippen molar-refractivity contribution in [2.45, 2.75) is 32.2 Å². The lowest BCUT2D eigenvalue weighted by Gasteiger charge is -2.23. The van der Waals surface area contributed by atoms with Gasteiger partial charge < -0.3 is 10.1 Å². The van der Waals surface area contributed by atoms with Crippen molar-refractivity contribution in [3.63, 3.8) is 0 Å². The Morgan fingerprint density at radius 2 is 2.27 bits per heavy atom. The summed E-state index contributed by atoms with van der Waals surface area (Å²) in [5.74, 6) is 0.890. The summed E-state index contributed by atoms with van der Waals surface area (Å²) in [5, 5.41) is 11.5. The van der Waals surface area contributed by atoms with Crippen LogP contribution >= 0.6 is 0 Å². The van der Waals surface area contributed by atoms with Crippen LogP contribution in [0.25, 0.3) is 0 Å². The van der Waals surface area contributed by atoms with Crippen LogP contribution in [0.15, 0.2) is 12.3 Å². The predicted octanol–water partition coefficient (Wildman–Crippen LogP) is 1.63. The molecule has 2 rings (SSSR count). The summed E-state index contributed by atoms with van der Waals surface area (Å²) in [4.78, 5) is 0. The largest absolute Gasteiger partial charge is 0.381 e. The van der Waals surface area contributed by atoms with E-state index in [4.69, 9.17) is 4.74 Å². The SMILES string of the molecule is CCc1cnnc(NC2CCOCC2)c1. The summed E-state index contributed by atoms with van der Waals surface area (Å²) in [6.45, 7) is 3.81. The number of aromatic nitrogens is 2. The van der Waals surface area contributed by atoms with E-state index in [-0.39, 0.29) is 0 Å². The molecule has 0 saturated carbocycles. The highest BCUT2D eigenvalue weighted by Gasteiger charge is 2.13. The normalized spacial score (nSPS) is 17.7. The third kappa shape index (κ3) is 2.89. The Labute approximate surface area is 90.1 Å². The van der Waals surface area contributed by atoms with Crippen molar-refractivity contribution in [2.24, 2.45) is 0 Å². The van der Waals surface area contributed by atoms with Crippen molar-refractivity contribution in [3.8, 4) is 0 Å². The Morgan fingerprint density at radius 1 is 1.47 bits per heavy atom. The van der Waals surface area contributed by atoms with Crippen molar-refractivity contribution < 1.29 is 4.74 Å². The first kappa shape index (κ1) is 10.4. The fourth-order valence-electron chi connectivity index (χ4n) is 1.72. The van der Waals surface area contributed by atoms with Crippen LogP contribution in [0.5, 0.6) is 0 Å². The molecule has 4 heteroatoms. The molecule has 4 nitrogen and oxygen atoms in total. The van der Waals surface area contributed by atoms with Gasteiger partial charge in [-0.3, -0.25) is 0 Å². The molecule has 2 heterocycles. The smallest absolute Gasteiger partial charge is 0.149 e. The van der Waals surface area contributed by atoms with E-state index >= 15 is 0 Å². The van der Waals surface area contributed by atoms with Crippen LogP contribution in [0, 0.1) is 0 Å². The third-order valence-corrected chi connectivity index (χ3v) is 2.69. The number of hydrogen-bond acceptors (Lipinski definition) is 4. The zero-order chi connectivity index (χ0) is 10.5. The van der Waals surface area contributed by atoms with Crippen LogP contribution in [-0.4, -0.2) is 29.5 Å². The molecule has 15 heavy (non-hydrogen) atoms. The standard InChI is InChI=1S/C11H17N3O/c1-2-9-7-11(14-12-8-9)13-10-3-5-15-6-4-10/h7-8,10H,2-6H2,1H3,(H,13,14). The lowest BCUT2D eigenvalue weighted by molar-refractivity contribution is 0.0903. The van der Waals surface area contributed by atoms with Crippen molar-refractivity contribution in [3.05, 3.63) is 17.8 Å². The zero-order valence-corrected chi connectivity index (χ0v) is 9.07. The molecular formula is C11H17N3O. The Morgan fingerprint density at radius 3 is 3.00 bits per heavy atom. The van der Waals surface area contributed by atoms with E-state index in [1.807, 2.05) is 6.20 Å². The third-order valence-electron chi connectivity index (χ3n) is 2.69. The monoisotopic (exact) mass is 207 g/mol. The average Bonchev–Trinajstić information content (AvgIpc) is 2.31. The minimum Gasteiger partial charge on any atom is -0.381 e.